The maximum Gasteiger partial charge on any atom is 0.248 e. The molecule has 2 saturated carbocycles. The SMILES string of the molecule is Cc1ccc(Oc2ccc(NC(=O)C(Cc3ccccc3)N3C(=O)C4C5C=CC(C6CC56)C4C3=O)cc2)cc1. The van der Waals surface area contributed by atoms with Gasteiger partial charge in [0, 0.05) is 12.1 Å². The van der Waals surface area contributed by atoms with Crippen LogP contribution in [0.3, 0.4) is 0 Å². The van der Waals surface area contributed by atoms with E-state index in [-0.39, 0.29) is 47.8 Å². The Bertz CT molecular complexity index is 1430. The number of nitrogens with zero attached hydrogens (tertiary/aromatic N) is 1. The molecule has 7 atom stereocenters. The molecule has 1 heterocycles. The van der Waals surface area contributed by atoms with Crippen molar-refractivity contribution >= 4 is 23.4 Å². The van der Waals surface area contributed by atoms with Crippen LogP contribution >= 0.6 is 0 Å². The van der Waals surface area contributed by atoms with Gasteiger partial charge in [-0.25, -0.2) is 0 Å². The lowest BCUT2D eigenvalue weighted by atomic mass is 9.63. The standard InChI is InChI=1S/C33H30N2O4/c1-19-7-11-22(12-8-19)39-23-13-9-21(10-14-23)34-31(36)28(17-20-5-3-2-4-6-20)35-32(37)29-24-15-16-25(27-18-26(24)27)30(29)33(35)38/h2-16,24-30H,17-18H2,1H3,(H,34,36). The van der Waals surface area contributed by atoms with Gasteiger partial charge in [-0.1, -0.05) is 60.2 Å². The van der Waals surface area contributed by atoms with Gasteiger partial charge in [0.2, 0.25) is 17.7 Å². The van der Waals surface area contributed by atoms with Crippen LogP contribution in [0.5, 0.6) is 11.5 Å². The molecule has 3 amide bonds. The number of nitrogens with one attached hydrogen (secondary N) is 1. The fourth-order valence-electron chi connectivity index (χ4n) is 7.00. The van der Waals surface area contributed by atoms with Crippen LogP contribution in [-0.2, 0) is 20.8 Å². The summed E-state index contributed by atoms with van der Waals surface area (Å²) >= 11 is 0. The number of ether oxygens (including phenoxy) is 1. The number of likely N-dealkylation sites (tertiary alicyclic amines) is 1. The molecule has 39 heavy (non-hydrogen) atoms. The first-order valence-corrected chi connectivity index (χ1v) is 13.7. The number of rotatable bonds is 7. The minimum Gasteiger partial charge on any atom is -0.457 e. The molecule has 6 nitrogen and oxygen atoms in total. The second-order valence-corrected chi connectivity index (χ2v) is 11.3. The van der Waals surface area contributed by atoms with Crippen molar-refractivity contribution in [3.8, 4) is 11.5 Å². The van der Waals surface area contributed by atoms with E-state index in [4.69, 9.17) is 4.74 Å². The van der Waals surface area contributed by atoms with Crippen LogP contribution in [0.4, 0.5) is 5.69 Å². The number of hydrogen-bond acceptors (Lipinski definition) is 4. The Kier molecular flexibility index (Phi) is 5.65. The van der Waals surface area contributed by atoms with E-state index in [1.165, 1.54) is 4.90 Å². The number of imide groups is 1. The molecule has 1 aliphatic heterocycles. The van der Waals surface area contributed by atoms with E-state index < -0.39 is 6.04 Å². The summed E-state index contributed by atoms with van der Waals surface area (Å²) in [7, 11) is 0. The lowest BCUT2D eigenvalue weighted by Gasteiger charge is -2.37. The third-order valence-electron chi connectivity index (χ3n) is 8.96. The first-order valence-electron chi connectivity index (χ1n) is 13.7. The highest BCUT2D eigenvalue weighted by atomic mass is 16.5. The summed E-state index contributed by atoms with van der Waals surface area (Å²) in [4.78, 5) is 42.7. The van der Waals surface area contributed by atoms with E-state index in [0.717, 1.165) is 23.3 Å². The zero-order chi connectivity index (χ0) is 26.7. The summed E-state index contributed by atoms with van der Waals surface area (Å²) < 4.78 is 5.91. The summed E-state index contributed by atoms with van der Waals surface area (Å²) in [6, 6.07) is 23.6. The molecular formula is C33H30N2O4. The van der Waals surface area contributed by atoms with Crippen molar-refractivity contribution in [2.75, 3.05) is 5.32 Å². The predicted molar refractivity (Wildman–Crippen MR) is 147 cm³/mol. The van der Waals surface area contributed by atoms with Crippen LogP contribution in [0.25, 0.3) is 0 Å². The van der Waals surface area contributed by atoms with E-state index in [1.54, 1.807) is 24.3 Å². The minimum absolute atomic E-state index is 0.118. The van der Waals surface area contributed by atoms with Crippen molar-refractivity contribution in [3.63, 3.8) is 0 Å². The number of benzene rings is 3. The van der Waals surface area contributed by atoms with Crippen molar-refractivity contribution in [2.24, 2.45) is 35.5 Å². The van der Waals surface area contributed by atoms with Crippen molar-refractivity contribution < 1.29 is 19.1 Å². The van der Waals surface area contributed by atoms with Crippen LogP contribution in [0.1, 0.15) is 17.5 Å². The highest BCUT2D eigenvalue weighted by Gasteiger charge is 2.67. The van der Waals surface area contributed by atoms with Gasteiger partial charge in [-0.15, -0.1) is 0 Å². The number of aryl methyl sites for hydroxylation is 1. The molecule has 4 aliphatic carbocycles. The second kappa shape index (κ2) is 9.23. The highest BCUT2D eigenvalue weighted by Crippen LogP contribution is 2.65. The molecule has 2 bridgehead atoms. The zero-order valence-corrected chi connectivity index (χ0v) is 21.7. The van der Waals surface area contributed by atoms with E-state index in [1.807, 2.05) is 61.5 Å². The molecule has 1 N–H and O–H groups in total. The number of amides is 3. The monoisotopic (exact) mass is 518 g/mol. The molecule has 0 radical (unpaired) electrons. The molecule has 5 aliphatic rings. The maximum atomic E-state index is 13.8. The van der Waals surface area contributed by atoms with Gasteiger partial charge >= 0.3 is 0 Å². The number of carbonyl (C=O) groups is 3. The number of allylic oxidation sites excluding steroid dienone is 2. The normalized spacial score (nSPS) is 28.6. The van der Waals surface area contributed by atoms with Gasteiger partial charge in [0.15, 0.2) is 0 Å². The summed E-state index contributed by atoms with van der Waals surface area (Å²) in [6.07, 6.45) is 5.68. The number of carbonyl (C=O) groups excluding carboxylic acids is 3. The molecule has 6 heteroatoms. The van der Waals surface area contributed by atoms with E-state index in [9.17, 15) is 14.4 Å². The average molecular weight is 519 g/mol. The lowest BCUT2D eigenvalue weighted by molar-refractivity contribution is -0.146. The van der Waals surface area contributed by atoms with E-state index >= 15 is 0 Å². The molecule has 196 valence electrons. The summed E-state index contributed by atoms with van der Waals surface area (Å²) in [6.45, 7) is 2.02. The largest absolute Gasteiger partial charge is 0.457 e. The van der Waals surface area contributed by atoms with Gasteiger partial charge in [-0.2, -0.15) is 0 Å². The fourth-order valence-corrected chi connectivity index (χ4v) is 7.00. The molecule has 0 spiro atoms. The molecule has 7 unspecified atom stereocenters. The Balaban J connectivity index is 1.12. The smallest absolute Gasteiger partial charge is 0.248 e. The Hall–Kier alpha value is -4.19. The van der Waals surface area contributed by atoms with Gasteiger partial charge in [0.1, 0.15) is 17.5 Å². The topological polar surface area (TPSA) is 75.7 Å². The van der Waals surface area contributed by atoms with Crippen molar-refractivity contribution in [1.29, 1.82) is 0 Å². The third-order valence-corrected chi connectivity index (χ3v) is 8.96. The van der Waals surface area contributed by atoms with Crippen LogP contribution in [0, 0.1) is 42.4 Å². The minimum atomic E-state index is -0.919. The van der Waals surface area contributed by atoms with Gasteiger partial charge in [0.25, 0.3) is 0 Å². The van der Waals surface area contributed by atoms with Crippen LogP contribution < -0.4 is 10.1 Å². The lowest BCUT2D eigenvalue weighted by Crippen LogP contribution is -2.49. The first-order chi connectivity index (χ1) is 19.0. The van der Waals surface area contributed by atoms with Crippen molar-refractivity contribution in [2.45, 2.75) is 25.8 Å². The molecule has 8 rings (SSSR count). The summed E-state index contributed by atoms with van der Waals surface area (Å²) in [5, 5.41) is 2.96. The molecule has 1 saturated heterocycles. The fraction of sp³-hybridized carbons (Fsp3) is 0.303. The summed E-state index contributed by atoms with van der Waals surface area (Å²) in [5.41, 5.74) is 2.63. The molecule has 3 fully saturated rings. The van der Waals surface area contributed by atoms with Crippen LogP contribution in [-0.4, -0.2) is 28.7 Å². The second-order valence-electron chi connectivity index (χ2n) is 11.3. The number of anilines is 1. The van der Waals surface area contributed by atoms with E-state index in [0.29, 0.717) is 23.3 Å². The van der Waals surface area contributed by atoms with E-state index in [2.05, 4.69) is 17.5 Å². The van der Waals surface area contributed by atoms with Crippen molar-refractivity contribution in [1.82, 2.24) is 4.90 Å². The van der Waals surface area contributed by atoms with Crippen LogP contribution in [0.15, 0.2) is 91.0 Å². The van der Waals surface area contributed by atoms with Gasteiger partial charge < -0.3 is 10.1 Å². The third kappa shape index (κ3) is 4.15. The molecule has 0 aromatic heterocycles. The molecular weight excluding hydrogens is 488 g/mol. The summed E-state index contributed by atoms with van der Waals surface area (Å²) in [5.74, 6) is 1.24. The molecule has 3 aromatic carbocycles. The Morgan fingerprint density at radius 1 is 0.846 bits per heavy atom. The van der Waals surface area contributed by atoms with Crippen LogP contribution in [0.2, 0.25) is 0 Å². The Labute approximate surface area is 227 Å². The Morgan fingerprint density at radius 2 is 1.41 bits per heavy atom. The highest BCUT2D eigenvalue weighted by molar-refractivity contribution is 6.10. The van der Waals surface area contributed by atoms with Crippen molar-refractivity contribution in [3.05, 3.63) is 102 Å². The zero-order valence-electron chi connectivity index (χ0n) is 21.7. The number of hydrogen-bond donors (Lipinski definition) is 1. The Morgan fingerprint density at radius 3 is 2.00 bits per heavy atom. The quantitative estimate of drug-likeness (QED) is 0.336. The van der Waals surface area contributed by atoms with Gasteiger partial charge in [-0.3, -0.25) is 19.3 Å². The van der Waals surface area contributed by atoms with Gasteiger partial charge in [-0.05, 0) is 79.0 Å². The van der Waals surface area contributed by atoms with Gasteiger partial charge in [0.05, 0.1) is 11.8 Å². The average Bonchev–Trinajstić information content (AvgIpc) is 3.73. The predicted octanol–water partition coefficient (Wildman–Crippen LogP) is 5.39. The maximum absolute atomic E-state index is 13.8. The first kappa shape index (κ1) is 23.9. The molecule has 3 aromatic rings.